The van der Waals surface area contributed by atoms with Gasteiger partial charge in [-0.1, -0.05) is 18.2 Å². The number of amides is 1. The van der Waals surface area contributed by atoms with Crippen molar-refractivity contribution in [1.82, 2.24) is 0 Å². The van der Waals surface area contributed by atoms with Crippen LogP contribution in [0.1, 0.15) is 5.56 Å². The highest BCUT2D eigenvalue weighted by molar-refractivity contribution is 7.92. The summed E-state index contributed by atoms with van der Waals surface area (Å²) in [5, 5.41) is 2.73. The molecule has 1 aliphatic rings. The fourth-order valence-electron chi connectivity index (χ4n) is 3.37. The van der Waals surface area contributed by atoms with E-state index >= 15 is 0 Å². The van der Waals surface area contributed by atoms with Gasteiger partial charge in [0.25, 0.3) is 15.9 Å². The van der Waals surface area contributed by atoms with Crippen molar-refractivity contribution in [2.75, 3.05) is 24.3 Å². The van der Waals surface area contributed by atoms with E-state index in [9.17, 15) is 13.2 Å². The molecule has 0 radical (unpaired) electrons. The normalized spacial score (nSPS) is 14.8. The van der Waals surface area contributed by atoms with Crippen molar-refractivity contribution in [3.8, 4) is 17.2 Å². The smallest absolute Gasteiger partial charge is 0.265 e. The molecule has 9 heteroatoms. The maximum atomic E-state index is 12.9. The van der Waals surface area contributed by atoms with Gasteiger partial charge < -0.3 is 19.5 Å². The molecule has 0 aromatic heterocycles. The maximum Gasteiger partial charge on any atom is 0.265 e. The number of rotatable bonds is 7. The number of carbonyl (C=O) groups is 1. The molecule has 1 aliphatic heterocycles. The van der Waals surface area contributed by atoms with Crippen LogP contribution in [0.2, 0.25) is 0 Å². The van der Waals surface area contributed by atoms with Gasteiger partial charge in [0.05, 0.1) is 24.8 Å². The van der Waals surface area contributed by atoms with Crippen LogP contribution in [-0.2, 0) is 21.2 Å². The molecule has 1 unspecified atom stereocenters. The Morgan fingerprint density at radius 3 is 2.44 bits per heavy atom. The van der Waals surface area contributed by atoms with Crippen molar-refractivity contribution in [2.45, 2.75) is 17.4 Å². The van der Waals surface area contributed by atoms with Crippen molar-refractivity contribution in [2.24, 2.45) is 0 Å². The summed E-state index contributed by atoms with van der Waals surface area (Å²) in [4.78, 5) is 12.8. The first-order chi connectivity index (χ1) is 15.4. The van der Waals surface area contributed by atoms with Crippen molar-refractivity contribution < 1.29 is 27.4 Å². The van der Waals surface area contributed by atoms with E-state index in [0.29, 0.717) is 29.4 Å². The Bertz CT molecular complexity index is 1220. The molecule has 3 aromatic carbocycles. The largest absolute Gasteiger partial charge is 0.497 e. The first-order valence-electron chi connectivity index (χ1n) is 9.80. The summed E-state index contributed by atoms with van der Waals surface area (Å²) in [7, 11) is -0.937. The molecule has 3 aromatic rings. The van der Waals surface area contributed by atoms with E-state index in [2.05, 4.69) is 10.0 Å². The third-order valence-electron chi connectivity index (χ3n) is 5.02. The van der Waals surface area contributed by atoms with Gasteiger partial charge in [-0.15, -0.1) is 0 Å². The van der Waals surface area contributed by atoms with Crippen LogP contribution >= 0.6 is 0 Å². The van der Waals surface area contributed by atoms with Gasteiger partial charge in [0.2, 0.25) is 0 Å². The SMILES string of the molecule is COc1ccc(NS(=O)(=O)c2ccc(OC)c(NC(=O)C3Cc4ccccc4O3)c2)cc1. The number of hydrogen-bond donors (Lipinski definition) is 2. The van der Waals surface area contributed by atoms with Gasteiger partial charge in [0, 0.05) is 12.1 Å². The Morgan fingerprint density at radius 1 is 1.00 bits per heavy atom. The monoisotopic (exact) mass is 454 g/mol. The summed E-state index contributed by atoms with van der Waals surface area (Å²) in [6.07, 6.45) is -0.281. The molecule has 32 heavy (non-hydrogen) atoms. The topological polar surface area (TPSA) is 103 Å². The summed E-state index contributed by atoms with van der Waals surface area (Å²) in [5.41, 5.74) is 1.55. The molecular formula is C23H22N2O6S. The molecule has 0 aliphatic carbocycles. The Kier molecular flexibility index (Phi) is 5.91. The minimum absolute atomic E-state index is 0.0277. The van der Waals surface area contributed by atoms with Crippen molar-refractivity contribution >= 4 is 27.3 Å². The summed E-state index contributed by atoms with van der Waals surface area (Å²) < 4.78 is 44.4. The lowest BCUT2D eigenvalue weighted by Crippen LogP contribution is -2.31. The number of methoxy groups -OCH3 is 2. The minimum atomic E-state index is -3.91. The van der Waals surface area contributed by atoms with E-state index in [1.807, 2.05) is 18.2 Å². The molecule has 0 saturated carbocycles. The third kappa shape index (κ3) is 4.47. The van der Waals surface area contributed by atoms with Gasteiger partial charge in [-0.05, 0) is 54.1 Å². The second kappa shape index (κ2) is 8.80. The molecule has 1 heterocycles. The van der Waals surface area contributed by atoms with Crippen LogP contribution < -0.4 is 24.2 Å². The zero-order valence-corrected chi connectivity index (χ0v) is 18.3. The second-order valence-electron chi connectivity index (χ2n) is 7.10. The van der Waals surface area contributed by atoms with Crippen LogP contribution in [0.3, 0.4) is 0 Å². The fraction of sp³-hybridized carbons (Fsp3) is 0.174. The molecule has 166 valence electrons. The van der Waals surface area contributed by atoms with Crippen LogP contribution in [0.25, 0.3) is 0 Å². The predicted octanol–water partition coefficient (Wildman–Crippen LogP) is 3.45. The summed E-state index contributed by atoms with van der Waals surface area (Å²) >= 11 is 0. The van der Waals surface area contributed by atoms with E-state index < -0.39 is 22.0 Å². The number of para-hydroxylation sites is 1. The number of hydrogen-bond acceptors (Lipinski definition) is 6. The highest BCUT2D eigenvalue weighted by Gasteiger charge is 2.29. The Balaban J connectivity index is 1.53. The molecule has 4 rings (SSSR count). The Labute approximate surface area is 186 Å². The van der Waals surface area contributed by atoms with Gasteiger partial charge in [-0.2, -0.15) is 0 Å². The van der Waals surface area contributed by atoms with Crippen LogP contribution in [-0.4, -0.2) is 34.6 Å². The average molecular weight is 455 g/mol. The van der Waals surface area contributed by atoms with Gasteiger partial charge in [0.1, 0.15) is 17.2 Å². The van der Waals surface area contributed by atoms with Crippen LogP contribution in [0, 0.1) is 0 Å². The number of carbonyl (C=O) groups excluding carboxylic acids is 1. The zero-order chi connectivity index (χ0) is 22.7. The molecule has 8 nitrogen and oxygen atoms in total. The Hall–Kier alpha value is -3.72. The highest BCUT2D eigenvalue weighted by atomic mass is 32.2. The van der Waals surface area contributed by atoms with Crippen LogP contribution in [0.15, 0.2) is 71.6 Å². The summed E-state index contributed by atoms with van der Waals surface area (Å²) in [6, 6.07) is 18.2. The van der Waals surface area contributed by atoms with Crippen LogP contribution in [0.5, 0.6) is 17.2 Å². The van der Waals surface area contributed by atoms with Gasteiger partial charge in [-0.25, -0.2) is 8.42 Å². The molecule has 0 saturated heterocycles. The quantitative estimate of drug-likeness (QED) is 0.567. The molecule has 0 spiro atoms. The second-order valence-corrected chi connectivity index (χ2v) is 8.79. The van der Waals surface area contributed by atoms with E-state index in [4.69, 9.17) is 14.2 Å². The first kappa shape index (κ1) is 21.5. The zero-order valence-electron chi connectivity index (χ0n) is 17.5. The maximum absolute atomic E-state index is 12.9. The number of anilines is 2. The van der Waals surface area contributed by atoms with Gasteiger partial charge in [-0.3, -0.25) is 9.52 Å². The fourth-order valence-corrected chi connectivity index (χ4v) is 4.45. The molecule has 0 fully saturated rings. The van der Waals surface area contributed by atoms with Crippen LogP contribution in [0.4, 0.5) is 11.4 Å². The van der Waals surface area contributed by atoms with E-state index in [0.717, 1.165) is 5.56 Å². The lowest BCUT2D eigenvalue weighted by molar-refractivity contribution is -0.122. The Morgan fingerprint density at radius 2 is 1.75 bits per heavy atom. The number of ether oxygens (including phenoxy) is 3. The lowest BCUT2D eigenvalue weighted by Gasteiger charge is -2.15. The predicted molar refractivity (Wildman–Crippen MR) is 120 cm³/mol. The van der Waals surface area contributed by atoms with Crippen molar-refractivity contribution in [3.05, 3.63) is 72.3 Å². The molecule has 2 N–H and O–H groups in total. The van der Waals surface area contributed by atoms with Gasteiger partial charge in [0.15, 0.2) is 6.10 Å². The minimum Gasteiger partial charge on any atom is -0.497 e. The van der Waals surface area contributed by atoms with Crippen molar-refractivity contribution in [3.63, 3.8) is 0 Å². The first-order valence-corrected chi connectivity index (χ1v) is 11.3. The number of fused-ring (bicyclic) bond motifs is 1. The average Bonchev–Trinajstić information content (AvgIpc) is 3.24. The molecule has 1 atom stereocenters. The lowest BCUT2D eigenvalue weighted by atomic mass is 10.1. The summed E-state index contributed by atoms with van der Waals surface area (Å²) in [6.45, 7) is 0. The number of nitrogens with one attached hydrogen (secondary N) is 2. The van der Waals surface area contributed by atoms with E-state index in [1.54, 1.807) is 30.3 Å². The number of benzene rings is 3. The number of sulfonamides is 1. The van der Waals surface area contributed by atoms with E-state index in [-0.39, 0.29) is 10.6 Å². The van der Waals surface area contributed by atoms with E-state index in [1.165, 1.54) is 32.4 Å². The highest BCUT2D eigenvalue weighted by Crippen LogP contribution is 2.32. The van der Waals surface area contributed by atoms with Crippen molar-refractivity contribution in [1.29, 1.82) is 0 Å². The third-order valence-corrected chi connectivity index (χ3v) is 6.40. The summed E-state index contributed by atoms with van der Waals surface area (Å²) in [5.74, 6) is 1.22. The molecule has 0 bridgehead atoms. The standard InChI is InChI=1S/C23H22N2O6S/c1-29-17-9-7-16(8-10-17)25-32(27,28)18-11-12-21(30-2)19(14-18)24-23(26)22-13-15-5-3-4-6-20(15)31-22/h3-12,14,22,25H,13H2,1-2H3,(H,24,26). The molecule has 1 amide bonds. The molecular weight excluding hydrogens is 432 g/mol. The van der Waals surface area contributed by atoms with Gasteiger partial charge >= 0.3 is 0 Å².